The van der Waals surface area contributed by atoms with E-state index < -0.39 is 10.0 Å². The highest BCUT2D eigenvalue weighted by molar-refractivity contribution is 7.89. The largest absolute Gasteiger partial charge is 0.332 e. The van der Waals surface area contributed by atoms with Crippen LogP contribution < -0.4 is 15.4 Å². The summed E-state index contributed by atoms with van der Waals surface area (Å²) in [5, 5.41) is 5.71. The number of amides is 1. The van der Waals surface area contributed by atoms with Crippen LogP contribution in [0.4, 0.5) is 5.69 Å². The predicted octanol–water partition coefficient (Wildman–Crippen LogP) is 3.60. The van der Waals surface area contributed by atoms with Crippen molar-refractivity contribution in [2.75, 3.05) is 11.9 Å². The first-order valence-corrected chi connectivity index (χ1v) is 11.5. The maximum absolute atomic E-state index is 12.4. The fourth-order valence-corrected chi connectivity index (χ4v) is 3.93. The molecule has 0 atom stereocenters. The van der Waals surface area contributed by atoms with Crippen LogP contribution in [0.3, 0.4) is 0 Å². The minimum Gasteiger partial charge on any atom is -0.332 e. The van der Waals surface area contributed by atoms with Crippen LogP contribution in [0.5, 0.6) is 0 Å². The van der Waals surface area contributed by atoms with Gasteiger partial charge in [-0.05, 0) is 54.9 Å². The molecule has 0 spiro atoms. The van der Waals surface area contributed by atoms with Crippen molar-refractivity contribution < 1.29 is 13.2 Å². The molecule has 0 aliphatic heterocycles. The van der Waals surface area contributed by atoms with Crippen molar-refractivity contribution >= 4 is 38.9 Å². The molecule has 2 rings (SSSR count). The van der Waals surface area contributed by atoms with E-state index in [4.69, 9.17) is 12.2 Å². The predicted molar refractivity (Wildman–Crippen MR) is 120 cm³/mol. The van der Waals surface area contributed by atoms with Crippen molar-refractivity contribution in [3.05, 3.63) is 60.2 Å². The zero-order valence-corrected chi connectivity index (χ0v) is 18.1. The first kappa shape index (κ1) is 23.0. The maximum atomic E-state index is 12.4. The van der Waals surface area contributed by atoms with Crippen molar-refractivity contribution in [1.82, 2.24) is 10.0 Å². The summed E-state index contributed by atoms with van der Waals surface area (Å²) in [6.45, 7) is 2.40. The van der Waals surface area contributed by atoms with Crippen LogP contribution >= 0.6 is 12.2 Å². The van der Waals surface area contributed by atoms with Crippen LogP contribution in [0, 0.1) is 0 Å². The average Bonchev–Trinajstić information content (AvgIpc) is 2.69. The number of hydrogen-bond donors (Lipinski definition) is 3. The Bertz CT molecular complexity index is 899. The topological polar surface area (TPSA) is 87.3 Å². The van der Waals surface area contributed by atoms with Gasteiger partial charge < -0.3 is 10.6 Å². The minimum absolute atomic E-state index is 0.127. The van der Waals surface area contributed by atoms with Gasteiger partial charge in [0.05, 0.1) is 4.90 Å². The Hall–Kier alpha value is -2.29. The van der Waals surface area contributed by atoms with E-state index in [1.807, 2.05) is 30.3 Å². The van der Waals surface area contributed by atoms with Gasteiger partial charge in [-0.25, -0.2) is 13.1 Å². The molecule has 0 radical (unpaired) electrons. The van der Waals surface area contributed by atoms with Gasteiger partial charge in [0.15, 0.2) is 5.11 Å². The summed E-state index contributed by atoms with van der Waals surface area (Å²) in [7, 11) is -3.59. The highest BCUT2D eigenvalue weighted by atomic mass is 32.2. The molecule has 0 unspecified atom stereocenters. The first-order chi connectivity index (χ1) is 13.9. The molecule has 2 aromatic rings. The number of nitrogens with one attached hydrogen (secondary N) is 3. The SMILES string of the molecule is CCCCCC(=O)NC(=S)Nc1ccc(S(=O)(=O)NCCc2ccccc2)cc1. The van der Waals surface area contributed by atoms with Crippen molar-refractivity contribution in [3.63, 3.8) is 0 Å². The lowest BCUT2D eigenvalue weighted by molar-refractivity contribution is -0.119. The molecular weight excluding hydrogens is 406 g/mol. The van der Waals surface area contributed by atoms with Gasteiger partial charge in [0.25, 0.3) is 0 Å². The molecule has 0 saturated carbocycles. The van der Waals surface area contributed by atoms with E-state index in [0.717, 1.165) is 24.8 Å². The number of thiocarbonyl (C=S) groups is 1. The lowest BCUT2D eigenvalue weighted by Gasteiger charge is -2.11. The number of sulfonamides is 1. The van der Waals surface area contributed by atoms with E-state index in [0.29, 0.717) is 25.1 Å². The summed E-state index contributed by atoms with van der Waals surface area (Å²) in [5.41, 5.74) is 1.67. The van der Waals surface area contributed by atoms with Crippen molar-refractivity contribution in [2.45, 2.75) is 43.9 Å². The Balaban J connectivity index is 1.83. The second-order valence-corrected chi connectivity index (χ2v) is 8.79. The number of hydrogen-bond acceptors (Lipinski definition) is 4. The van der Waals surface area contributed by atoms with Gasteiger partial charge in [0, 0.05) is 18.7 Å². The van der Waals surface area contributed by atoms with Gasteiger partial charge in [-0.15, -0.1) is 0 Å². The Labute approximate surface area is 178 Å². The summed E-state index contributed by atoms with van der Waals surface area (Å²) in [4.78, 5) is 12.0. The molecular formula is C21H27N3O3S2. The molecule has 0 saturated heterocycles. The maximum Gasteiger partial charge on any atom is 0.240 e. The highest BCUT2D eigenvalue weighted by Crippen LogP contribution is 2.14. The van der Waals surface area contributed by atoms with Crippen LogP contribution in [0.25, 0.3) is 0 Å². The van der Waals surface area contributed by atoms with E-state index >= 15 is 0 Å². The second-order valence-electron chi connectivity index (χ2n) is 6.62. The molecule has 0 fully saturated rings. The molecule has 0 heterocycles. The molecule has 1 amide bonds. The van der Waals surface area contributed by atoms with Gasteiger partial charge in [-0.2, -0.15) is 0 Å². The fourth-order valence-electron chi connectivity index (χ4n) is 2.66. The smallest absolute Gasteiger partial charge is 0.240 e. The zero-order chi connectivity index (χ0) is 21.1. The standard InChI is InChI=1S/C21H27N3O3S2/c1-2-3-5-10-20(25)24-21(28)23-18-11-13-19(14-12-18)29(26,27)22-16-15-17-8-6-4-7-9-17/h4,6-9,11-14,22H,2-3,5,10,15-16H2,1H3,(H2,23,24,25,28). The zero-order valence-electron chi connectivity index (χ0n) is 16.5. The van der Waals surface area contributed by atoms with Gasteiger partial charge in [-0.1, -0.05) is 50.1 Å². The lowest BCUT2D eigenvalue weighted by atomic mass is 10.2. The van der Waals surface area contributed by atoms with E-state index in [1.165, 1.54) is 12.1 Å². The highest BCUT2D eigenvalue weighted by Gasteiger charge is 2.13. The van der Waals surface area contributed by atoms with E-state index in [-0.39, 0.29) is 15.9 Å². The van der Waals surface area contributed by atoms with Crippen LogP contribution in [0.15, 0.2) is 59.5 Å². The Kier molecular flexibility index (Phi) is 9.24. The van der Waals surface area contributed by atoms with Crippen molar-refractivity contribution in [3.8, 4) is 0 Å². The summed E-state index contributed by atoms with van der Waals surface area (Å²) < 4.78 is 27.4. The molecule has 8 heteroatoms. The number of carbonyl (C=O) groups excluding carboxylic acids is 1. The van der Waals surface area contributed by atoms with Crippen LogP contribution in [-0.4, -0.2) is 26.0 Å². The van der Waals surface area contributed by atoms with Crippen molar-refractivity contribution in [1.29, 1.82) is 0 Å². The summed E-state index contributed by atoms with van der Waals surface area (Å²) in [5.74, 6) is -0.127. The minimum atomic E-state index is -3.59. The normalized spacial score (nSPS) is 11.1. The van der Waals surface area contributed by atoms with Gasteiger partial charge in [0.2, 0.25) is 15.9 Å². The number of anilines is 1. The number of carbonyl (C=O) groups is 1. The van der Waals surface area contributed by atoms with Crippen molar-refractivity contribution in [2.24, 2.45) is 0 Å². The average molecular weight is 434 g/mol. The van der Waals surface area contributed by atoms with E-state index in [1.54, 1.807) is 12.1 Å². The van der Waals surface area contributed by atoms with Crippen LogP contribution in [0.2, 0.25) is 0 Å². The summed E-state index contributed by atoms with van der Waals surface area (Å²) in [6.07, 6.45) is 3.93. The third kappa shape index (κ3) is 8.31. The quantitative estimate of drug-likeness (QED) is 0.394. The molecule has 0 bridgehead atoms. The molecule has 3 N–H and O–H groups in total. The molecule has 6 nitrogen and oxygen atoms in total. The summed E-state index contributed by atoms with van der Waals surface area (Å²) >= 11 is 5.13. The van der Waals surface area contributed by atoms with Gasteiger partial charge in [0.1, 0.15) is 0 Å². The molecule has 0 aliphatic carbocycles. The Morgan fingerprint density at radius 1 is 1.00 bits per heavy atom. The number of benzene rings is 2. The molecule has 0 aliphatic rings. The van der Waals surface area contributed by atoms with E-state index in [9.17, 15) is 13.2 Å². The molecule has 0 aromatic heterocycles. The fraction of sp³-hybridized carbons (Fsp3) is 0.333. The summed E-state index contributed by atoms with van der Waals surface area (Å²) in [6, 6.07) is 15.9. The lowest BCUT2D eigenvalue weighted by Crippen LogP contribution is -2.33. The molecule has 2 aromatic carbocycles. The Morgan fingerprint density at radius 3 is 2.34 bits per heavy atom. The Morgan fingerprint density at radius 2 is 1.69 bits per heavy atom. The first-order valence-electron chi connectivity index (χ1n) is 9.65. The second kappa shape index (κ2) is 11.6. The molecule has 156 valence electrons. The number of rotatable bonds is 10. The van der Waals surface area contributed by atoms with Gasteiger partial charge >= 0.3 is 0 Å². The third-order valence-corrected chi connectivity index (χ3v) is 5.91. The van der Waals surface area contributed by atoms with Gasteiger partial charge in [-0.3, -0.25) is 4.79 Å². The van der Waals surface area contributed by atoms with Crippen LogP contribution in [0.1, 0.15) is 38.2 Å². The molecule has 29 heavy (non-hydrogen) atoms. The monoisotopic (exact) mass is 433 g/mol. The van der Waals surface area contributed by atoms with Crippen LogP contribution in [-0.2, 0) is 21.2 Å². The van der Waals surface area contributed by atoms with E-state index in [2.05, 4.69) is 22.3 Å². The third-order valence-electron chi connectivity index (χ3n) is 4.23. The number of unbranched alkanes of at least 4 members (excludes halogenated alkanes) is 2.